The molecule has 0 aliphatic carbocycles. The van der Waals surface area contributed by atoms with Crippen LogP contribution in [-0.2, 0) is 16.4 Å². The molecule has 0 bridgehead atoms. The summed E-state index contributed by atoms with van der Waals surface area (Å²) in [7, 11) is -3.67. The highest BCUT2D eigenvalue weighted by Crippen LogP contribution is 2.22. The van der Waals surface area contributed by atoms with E-state index in [0.717, 1.165) is 16.5 Å². The van der Waals surface area contributed by atoms with Gasteiger partial charge in [-0.25, -0.2) is 18.1 Å². The molecule has 0 spiro atoms. The van der Waals surface area contributed by atoms with Crippen LogP contribution >= 0.6 is 23.2 Å². The number of hydrogen-bond donors (Lipinski definition) is 2. The molecule has 23 heavy (non-hydrogen) atoms. The predicted octanol–water partition coefficient (Wildman–Crippen LogP) is 3.39. The summed E-state index contributed by atoms with van der Waals surface area (Å²) in [6.45, 7) is 0.268. The zero-order valence-electron chi connectivity index (χ0n) is 11.9. The normalized spacial score (nSPS) is 11.9. The first-order valence-electron chi connectivity index (χ1n) is 6.83. The van der Waals surface area contributed by atoms with Crippen molar-refractivity contribution in [1.29, 1.82) is 0 Å². The minimum atomic E-state index is -3.67. The average molecular weight is 370 g/mol. The molecule has 3 aromatic rings. The molecule has 2 heterocycles. The van der Waals surface area contributed by atoms with Crippen LogP contribution < -0.4 is 4.72 Å². The number of sulfonamides is 1. The van der Waals surface area contributed by atoms with E-state index in [0.29, 0.717) is 6.42 Å². The third-order valence-electron chi connectivity index (χ3n) is 3.44. The van der Waals surface area contributed by atoms with Gasteiger partial charge in [-0.3, -0.25) is 0 Å². The van der Waals surface area contributed by atoms with Crippen LogP contribution in [0.3, 0.4) is 0 Å². The topological polar surface area (TPSA) is 74.8 Å². The molecule has 0 fully saturated rings. The van der Waals surface area contributed by atoms with E-state index in [-0.39, 0.29) is 21.6 Å². The lowest BCUT2D eigenvalue weighted by Crippen LogP contribution is -2.26. The summed E-state index contributed by atoms with van der Waals surface area (Å²) >= 11 is 11.5. The lowest BCUT2D eigenvalue weighted by molar-refractivity contribution is 0.581. The fraction of sp³-hybridized carbons (Fsp3) is 0.133. The highest BCUT2D eigenvalue weighted by molar-refractivity contribution is 7.89. The van der Waals surface area contributed by atoms with E-state index < -0.39 is 10.0 Å². The highest BCUT2D eigenvalue weighted by atomic mass is 35.5. The molecule has 0 radical (unpaired) electrons. The largest absolute Gasteiger partial charge is 0.361 e. The SMILES string of the molecule is O=S(=O)(NCCc1c[nH]c2ccccc12)c1cnc(Cl)c(Cl)c1. The van der Waals surface area contributed by atoms with Gasteiger partial charge in [0.2, 0.25) is 10.0 Å². The number of hydrogen-bond acceptors (Lipinski definition) is 3. The van der Waals surface area contributed by atoms with Gasteiger partial charge in [0.05, 0.1) is 5.02 Å². The fourth-order valence-electron chi connectivity index (χ4n) is 2.29. The minimum Gasteiger partial charge on any atom is -0.361 e. The van der Waals surface area contributed by atoms with Gasteiger partial charge in [0.25, 0.3) is 0 Å². The van der Waals surface area contributed by atoms with Crippen LogP contribution in [0.2, 0.25) is 10.2 Å². The molecule has 3 rings (SSSR count). The van der Waals surface area contributed by atoms with Crippen molar-refractivity contribution < 1.29 is 8.42 Å². The van der Waals surface area contributed by atoms with Crippen LogP contribution in [0.25, 0.3) is 10.9 Å². The molecule has 0 unspecified atom stereocenters. The zero-order chi connectivity index (χ0) is 16.4. The number of H-pyrrole nitrogens is 1. The monoisotopic (exact) mass is 369 g/mol. The van der Waals surface area contributed by atoms with Crippen molar-refractivity contribution in [1.82, 2.24) is 14.7 Å². The standard InChI is InChI=1S/C15H13Cl2N3O2S/c16-13-7-11(9-19-15(13)17)23(21,22)20-6-5-10-8-18-14-4-2-1-3-12(10)14/h1-4,7-9,18,20H,5-6H2. The van der Waals surface area contributed by atoms with Gasteiger partial charge in [0.15, 0.2) is 0 Å². The Morgan fingerprint density at radius 3 is 2.78 bits per heavy atom. The zero-order valence-corrected chi connectivity index (χ0v) is 14.2. The van der Waals surface area contributed by atoms with E-state index in [1.54, 1.807) is 0 Å². The van der Waals surface area contributed by atoms with Crippen molar-refractivity contribution in [2.24, 2.45) is 0 Å². The van der Waals surface area contributed by atoms with Gasteiger partial charge < -0.3 is 4.98 Å². The third-order valence-corrected chi connectivity index (χ3v) is 5.56. The summed E-state index contributed by atoms with van der Waals surface area (Å²) in [6.07, 6.45) is 3.64. The van der Waals surface area contributed by atoms with Gasteiger partial charge in [-0.15, -0.1) is 0 Å². The van der Waals surface area contributed by atoms with E-state index in [2.05, 4.69) is 14.7 Å². The Labute approximate surface area is 143 Å². The summed E-state index contributed by atoms with van der Waals surface area (Å²) in [5.74, 6) is 0. The summed E-state index contributed by atoms with van der Waals surface area (Å²) in [5.41, 5.74) is 2.08. The first-order valence-corrected chi connectivity index (χ1v) is 9.07. The second-order valence-corrected chi connectivity index (χ2v) is 7.48. The van der Waals surface area contributed by atoms with Crippen molar-refractivity contribution in [3.05, 3.63) is 58.5 Å². The third kappa shape index (κ3) is 3.50. The van der Waals surface area contributed by atoms with Crippen LogP contribution in [0.4, 0.5) is 0 Å². The van der Waals surface area contributed by atoms with Crippen LogP contribution in [-0.4, -0.2) is 24.9 Å². The number of fused-ring (bicyclic) bond motifs is 1. The Morgan fingerprint density at radius 2 is 2.00 bits per heavy atom. The number of pyridine rings is 1. The summed E-state index contributed by atoms with van der Waals surface area (Å²) in [4.78, 5) is 6.91. The van der Waals surface area contributed by atoms with E-state index in [9.17, 15) is 8.42 Å². The maximum Gasteiger partial charge on any atom is 0.242 e. The van der Waals surface area contributed by atoms with Crippen molar-refractivity contribution in [2.75, 3.05) is 6.54 Å². The molecule has 2 N–H and O–H groups in total. The fourth-order valence-corrected chi connectivity index (χ4v) is 3.63. The smallest absolute Gasteiger partial charge is 0.242 e. The number of halogens is 2. The van der Waals surface area contributed by atoms with E-state index in [4.69, 9.17) is 23.2 Å². The number of benzene rings is 1. The second kappa shape index (κ2) is 6.49. The number of para-hydroxylation sites is 1. The first kappa shape index (κ1) is 16.3. The summed E-state index contributed by atoms with van der Waals surface area (Å²) in [5, 5.41) is 1.26. The van der Waals surface area contributed by atoms with Gasteiger partial charge in [0.1, 0.15) is 10.0 Å². The molecule has 5 nitrogen and oxygen atoms in total. The van der Waals surface area contributed by atoms with Gasteiger partial charge in [-0.2, -0.15) is 0 Å². The van der Waals surface area contributed by atoms with Crippen LogP contribution in [0.15, 0.2) is 47.6 Å². The minimum absolute atomic E-state index is 0.00849. The maximum atomic E-state index is 12.2. The molecular formula is C15H13Cl2N3O2S. The molecule has 2 aromatic heterocycles. The van der Waals surface area contributed by atoms with Crippen molar-refractivity contribution >= 4 is 44.1 Å². The summed E-state index contributed by atoms with van der Waals surface area (Å²) in [6, 6.07) is 9.15. The van der Waals surface area contributed by atoms with Crippen molar-refractivity contribution in [3.63, 3.8) is 0 Å². The molecule has 0 saturated heterocycles. The van der Waals surface area contributed by atoms with E-state index in [1.807, 2.05) is 30.5 Å². The van der Waals surface area contributed by atoms with Crippen LogP contribution in [0.1, 0.15) is 5.56 Å². The molecule has 0 saturated carbocycles. The Kier molecular flexibility index (Phi) is 4.59. The molecule has 8 heteroatoms. The first-order chi connectivity index (χ1) is 11.0. The molecule has 0 amide bonds. The number of aromatic nitrogens is 2. The van der Waals surface area contributed by atoms with Crippen LogP contribution in [0.5, 0.6) is 0 Å². The molecule has 0 aliphatic rings. The van der Waals surface area contributed by atoms with Crippen molar-refractivity contribution in [2.45, 2.75) is 11.3 Å². The molecule has 120 valence electrons. The van der Waals surface area contributed by atoms with Gasteiger partial charge in [-0.1, -0.05) is 41.4 Å². The number of rotatable bonds is 5. The Balaban J connectivity index is 1.71. The Bertz CT molecular complexity index is 954. The van der Waals surface area contributed by atoms with Gasteiger partial charge in [0, 0.05) is 29.8 Å². The van der Waals surface area contributed by atoms with Gasteiger partial charge >= 0.3 is 0 Å². The van der Waals surface area contributed by atoms with Crippen molar-refractivity contribution in [3.8, 4) is 0 Å². The molecule has 0 aliphatic heterocycles. The van der Waals surface area contributed by atoms with Crippen LogP contribution in [0, 0.1) is 0 Å². The lowest BCUT2D eigenvalue weighted by Gasteiger charge is -2.07. The number of aromatic amines is 1. The summed E-state index contributed by atoms with van der Waals surface area (Å²) < 4.78 is 27.0. The Morgan fingerprint density at radius 1 is 1.22 bits per heavy atom. The van der Waals surface area contributed by atoms with Gasteiger partial charge in [-0.05, 0) is 24.1 Å². The quantitative estimate of drug-likeness (QED) is 0.676. The van der Waals surface area contributed by atoms with E-state index >= 15 is 0 Å². The molecule has 0 atom stereocenters. The Hall–Kier alpha value is -1.60. The van der Waals surface area contributed by atoms with E-state index in [1.165, 1.54) is 12.3 Å². The lowest BCUT2D eigenvalue weighted by atomic mass is 10.1. The molecule has 1 aromatic carbocycles. The number of nitrogens with one attached hydrogen (secondary N) is 2. The maximum absolute atomic E-state index is 12.2. The molecular weight excluding hydrogens is 357 g/mol. The second-order valence-electron chi connectivity index (χ2n) is 4.95. The highest BCUT2D eigenvalue weighted by Gasteiger charge is 2.16. The average Bonchev–Trinajstić information content (AvgIpc) is 2.93. The number of nitrogens with zero attached hydrogens (tertiary/aromatic N) is 1. The predicted molar refractivity (Wildman–Crippen MR) is 91.4 cm³/mol.